The maximum absolute atomic E-state index is 13.0. The maximum atomic E-state index is 13.0. The molecule has 0 aromatic carbocycles. The predicted octanol–water partition coefficient (Wildman–Crippen LogP) is 7.99. The first-order valence-corrected chi connectivity index (χ1v) is 23.4. The second-order valence-electron chi connectivity index (χ2n) is 15.6. The number of amides is 1. The number of aliphatic hydroxyl groups excluding tert-OH is 4. The highest BCUT2D eigenvalue weighted by Gasteiger charge is 2.48. The van der Waals surface area contributed by atoms with Gasteiger partial charge >= 0.3 is 10.4 Å². The van der Waals surface area contributed by atoms with Crippen molar-refractivity contribution in [3.05, 3.63) is 12.2 Å². The first-order chi connectivity index (χ1) is 26.5. The minimum Gasteiger partial charge on any atom is -0.394 e. The van der Waals surface area contributed by atoms with E-state index < -0.39 is 59.9 Å². The number of hydrogen-bond donors (Lipinski definition) is 6. The van der Waals surface area contributed by atoms with Crippen LogP contribution in [0.4, 0.5) is 0 Å². The molecule has 7 atom stereocenters. The largest absolute Gasteiger partial charge is 0.397 e. The summed E-state index contributed by atoms with van der Waals surface area (Å²) in [5, 5.41) is 44.7. The fourth-order valence-electron chi connectivity index (χ4n) is 7.10. The molecule has 1 amide bonds. The lowest BCUT2D eigenvalue weighted by atomic mass is 9.99. The van der Waals surface area contributed by atoms with Crippen LogP contribution in [0, 0.1) is 0 Å². The molecule has 7 unspecified atom stereocenters. The average molecular weight is 808 g/mol. The van der Waals surface area contributed by atoms with E-state index in [1.807, 2.05) is 0 Å². The molecule has 1 heterocycles. The number of hydrogen-bond acceptors (Lipinski definition) is 10. The van der Waals surface area contributed by atoms with Gasteiger partial charge in [-0.2, -0.15) is 8.42 Å². The van der Waals surface area contributed by atoms with E-state index in [2.05, 4.69) is 35.5 Å². The molecule has 0 radical (unpaired) electrons. The molecule has 0 spiro atoms. The third-order valence-electron chi connectivity index (χ3n) is 10.6. The van der Waals surface area contributed by atoms with Gasteiger partial charge < -0.3 is 35.2 Å². The number of nitrogens with one attached hydrogen (secondary N) is 1. The molecule has 1 fully saturated rings. The molecular formula is C42H81NO11S. The molecule has 1 aliphatic rings. The topological polar surface area (TPSA) is 192 Å². The number of aliphatic hydroxyl groups is 4. The second-order valence-corrected chi connectivity index (χ2v) is 16.7. The molecule has 326 valence electrons. The highest BCUT2D eigenvalue weighted by molar-refractivity contribution is 7.80. The van der Waals surface area contributed by atoms with Crippen molar-refractivity contribution in [2.45, 2.75) is 236 Å². The first-order valence-electron chi connectivity index (χ1n) is 22.1. The standard InChI is InChI=1S/C42H81NO11S/c1-3-5-7-9-11-13-15-17-18-20-21-23-25-27-29-31-36(45)35(34-52-42-40(48)41(54-55(49,50)51)39(47)37(33-44)53-42)43-38(46)32-30-28-26-24-22-19-16-14-12-10-8-6-4-2/h19,22,35-37,39-42,44-45,47-48H,3-18,20-21,23-34H2,1-2H3,(H,43,46)(H,49,50,51)/b22-19-. The lowest BCUT2D eigenvalue weighted by molar-refractivity contribution is -0.298. The van der Waals surface area contributed by atoms with Gasteiger partial charge in [-0.1, -0.05) is 161 Å². The van der Waals surface area contributed by atoms with E-state index in [0.29, 0.717) is 12.8 Å². The van der Waals surface area contributed by atoms with Crippen LogP contribution in [0.15, 0.2) is 12.2 Å². The SMILES string of the molecule is CCCCCCCC/C=C\CCCCCC(=O)NC(COC1OC(CO)C(O)C(OS(=O)(=O)O)C1O)C(O)CCCCCCCCCCCCCCCCC. The molecule has 6 N–H and O–H groups in total. The summed E-state index contributed by atoms with van der Waals surface area (Å²) in [5.74, 6) is -0.246. The first kappa shape index (κ1) is 51.9. The molecule has 55 heavy (non-hydrogen) atoms. The minimum atomic E-state index is -5.07. The van der Waals surface area contributed by atoms with Crippen LogP contribution in [0.5, 0.6) is 0 Å². The highest BCUT2D eigenvalue weighted by Crippen LogP contribution is 2.26. The predicted molar refractivity (Wildman–Crippen MR) is 218 cm³/mol. The zero-order chi connectivity index (χ0) is 40.6. The van der Waals surface area contributed by atoms with Crippen LogP contribution >= 0.6 is 0 Å². The van der Waals surface area contributed by atoms with E-state index in [0.717, 1.165) is 51.4 Å². The van der Waals surface area contributed by atoms with Gasteiger partial charge in [-0.05, 0) is 38.5 Å². The second kappa shape index (κ2) is 33.8. The fraction of sp³-hybridized carbons (Fsp3) is 0.929. The Hall–Kier alpha value is -1.16. The lowest BCUT2D eigenvalue weighted by Gasteiger charge is -2.41. The summed E-state index contributed by atoms with van der Waals surface area (Å²) in [6.07, 6.45) is 26.4. The van der Waals surface area contributed by atoms with E-state index in [1.54, 1.807) is 0 Å². The van der Waals surface area contributed by atoms with Gasteiger partial charge in [-0.3, -0.25) is 9.35 Å². The molecule has 1 aliphatic heterocycles. The van der Waals surface area contributed by atoms with Crippen LogP contribution in [0.1, 0.15) is 194 Å². The number of rotatable bonds is 37. The van der Waals surface area contributed by atoms with E-state index in [4.69, 9.17) is 14.0 Å². The van der Waals surface area contributed by atoms with Crippen LogP contribution < -0.4 is 5.32 Å². The van der Waals surface area contributed by atoms with Crippen molar-refractivity contribution in [3.63, 3.8) is 0 Å². The van der Waals surface area contributed by atoms with Crippen molar-refractivity contribution < 1.29 is 51.8 Å². The van der Waals surface area contributed by atoms with E-state index in [1.165, 1.54) is 109 Å². The van der Waals surface area contributed by atoms with E-state index in [-0.39, 0.29) is 18.9 Å². The quantitative estimate of drug-likeness (QED) is 0.0203. The van der Waals surface area contributed by atoms with Gasteiger partial charge in [-0.15, -0.1) is 0 Å². The number of carbonyl (C=O) groups is 1. The molecular weight excluding hydrogens is 727 g/mol. The highest BCUT2D eigenvalue weighted by atomic mass is 32.3. The van der Waals surface area contributed by atoms with Crippen molar-refractivity contribution in [2.75, 3.05) is 13.2 Å². The monoisotopic (exact) mass is 808 g/mol. The summed E-state index contributed by atoms with van der Waals surface area (Å²) in [7, 11) is -5.07. The molecule has 1 rings (SSSR count). The van der Waals surface area contributed by atoms with Crippen molar-refractivity contribution in [1.29, 1.82) is 0 Å². The normalized spacial score (nSPS) is 21.6. The van der Waals surface area contributed by atoms with Gasteiger partial charge in [0.15, 0.2) is 6.29 Å². The van der Waals surface area contributed by atoms with Crippen molar-refractivity contribution in [3.8, 4) is 0 Å². The molecule has 13 heteroatoms. The Morgan fingerprint density at radius 3 is 1.64 bits per heavy atom. The van der Waals surface area contributed by atoms with E-state index in [9.17, 15) is 33.6 Å². The molecule has 0 aromatic rings. The van der Waals surface area contributed by atoms with Crippen LogP contribution in [-0.2, 0) is 28.9 Å². The summed E-state index contributed by atoms with van der Waals surface area (Å²) in [4.78, 5) is 13.0. The summed E-state index contributed by atoms with van der Waals surface area (Å²) in [5.41, 5.74) is 0. The van der Waals surface area contributed by atoms with Crippen molar-refractivity contribution in [2.24, 2.45) is 0 Å². The number of carbonyl (C=O) groups excluding carboxylic acids is 1. The van der Waals surface area contributed by atoms with Gasteiger partial charge in [0.2, 0.25) is 5.91 Å². The molecule has 1 saturated heterocycles. The number of ether oxygens (including phenoxy) is 2. The Balaban J connectivity index is 2.54. The van der Waals surface area contributed by atoms with Crippen molar-refractivity contribution in [1.82, 2.24) is 5.32 Å². The zero-order valence-electron chi connectivity index (χ0n) is 34.5. The maximum Gasteiger partial charge on any atom is 0.397 e. The van der Waals surface area contributed by atoms with E-state index >= 15 is 0 Å². The van der Waals surface area contributed by atoms with Crippen LogP contribution in [0.2, 0.25) is 0 Å². The number of allylic oxidation sites excluding steroid dienone is 2. The molecule has 0 aliphatic carbocycles. The third-order valence-corrected chi connectivity index (χ3v) is 11.0. The van der Waals surface area contributed by atoms with Crippen LogP contribution in [0.3, 0.4) is 0 Å². The van der Waals surface area contributed by atoms with Gasteiger partial charge in [0.25, 0.3) is 0 Å². The Kier molecular flexibility index (Phi) is 31.8. The minimum absolute atomic E-state index is 0.246. The Labute approximate surface area is 334 Å². The summed E-state index contributed by atoms with van der Waals surface area (Å²) < 4.78 is 47.5. The molecule has 0 aromatic heterocycles. The zero-order valence-corrected chi connectivity index (χ0v) is 35.3. The third kappa shape index (κ3) is 27.2. The van der Waals surface area contributed by atoms with Gasteiger partial charge in [-0.25, -0.2) is 4.18 Å². The van der Waals surface area contributed by atoms with Gasteiger partial charge in [0.1, 0.15) is 24.4 Å². The lowest BCUT2D eigenvalue weighted by Crippen LogP contribution is -2.61. The molecule has 0 bridgehead atoms. The summed E-state index contributed by atoms with van der Waals surface area (Å²) >= 11 is 0. The Morgan fingerprint density at radius 1 is 0.709 bits per heavy atom. The molecule has 0 saturated carbocycles. The summed E-state index contributed by atoms with van der Waals surface area (Å²) in [6.45, 7) is 3.42. The molecule has 12 nitrogen and oxygen atoms in total. The average Bonchev–Trinajstić information content (AvgIpc) is 3.15. The Morgan fingerprint density at radius 2 is 1.16 bits per heavy atom. The van der Waals surface area contributed by atoms with Gasteiger partial charge in [0.05, 0.1) is 25.4 Å². The van der Waals surface area contributed by atoms with Gasteiger partial charge in [0, 0.05) is 6.42 Å². The smallest absolute Gasteiger partial charge is 0.394 e. The van der Waals surface area contributed by atoms with Crippen molar-refractivity contribution >= 4 is 16.3 Å². The fourth-order valence-corrected chi connectivity index (χ4v) is 7.61. The summed E-state index contributed by atoms with van der Waals surface area (Å²) in [6, 6.07) is -0.861. The Bertz CT molecular complexity index is 1050. The van der Waals surface area contributed by atoms with Crippen LogP contribution in [-0.4, -0.2) is 95.4 Å². The number of unbranched alkanes of at least 4 members (excludes halogenated alkanes) is 23. The van der Waals surface area contributed by atoms with Crippen LogP contribution in [0.25, 0.3) is 0 Å².